The van der Waals surface area contributed by atoms with Gasteiger partial charge in [0, 0.05) is 16.1 Å². The fourth-order valence-corrected chi connectivity index (χ4v) is 4.62. The van der Waals surface area contributed by atoms with Crippen molar-refractivity contribution in [2.75, 3.05) is 5.32 Å². The number of benzene rings is 2. The highest BCUT2D eigenvalue weighted by Gasteiger charge is 2.22. The van der Waals surface area contributed by atoms with Gasteiger partial charge in [-0.1, -0.05) is 45.8 Å². The van der Waals surface area contributed by atoms with Crippen molar-refractivity contribution in [3.05, 3.63) is 70.6 Å². The highest BCUT2D eigenvalue weighted by atomic mass is 35.5. The van der Waals surface area contributed by atoms with E-state index in [1.807, 2.05) is 13.0 Å². The van der Waals surface area contributed by atoms with E-state index >= 15 is 0 Å². The van der Waals surface area contributed by atoms with E-state index in [4.69, 9.17) is 16.1 Å². The summed E-state index contributed by atoms with van der Waals surface area (Å²) in [7, 11) is -4.01. The minimum atomic E-state index is -4.01. The van der Waals surface area contributed by atoms with Gasteiger partial charge in [-0.2, -0.15) is 9.71 Å². The van der Waals surface area contributed by atoms with Gasteiger partial charge in [-0.25, -0.2) is 8.42 Å². The lowest BCUT2D eigenvalue weighted by Crippen LogP contribution is -2.23. The molecule has 0 aliphatic heterocycles. The van der Waals surface area contributed by atoms with Gasteiger partial charge in [0.2, 0.25) is 21.2 Å². The zero-order valence-corrected chi connectivity index (χ0v) is 18.8. The highest BCUT2D eigenvalue weighted by molar-refractivity contribution is 7.91. The second-order valence-electron chi connectivity index (χ2n) is 6.54. The lowest BCUT2D eigenvalue weighted by atomic mass is 10.1. The molecule has 0 saturated carbocycles. The predicted octanol–water partition coefficient (Wildman–Crippen LogP) is 3.28. The Labute approximate surface area is 191 Å². The van der Waals surface area contributed by atoms with E-state index in [9.17, 15) is 13.2 Å². The highest BCUT2D eigenvalue weighted by Crippen LogP contribution is 2.22. The average Bonchev–Trinajstić information content (AvgIpc) is 3.43. The lowest BCUT2D eigenvalue weighted by Gasteiger charge is -2.02. The largest absolute Gasteiger partial charge is 0.338 e. The Balaban J connectivity index is 1.40. The van der Waals surface area contributed by atoms with E-state index in [1.54, 1.807) is 42.5 Å². The average molecular weight is 491 g/mol. The summed E-state index contributed by atoms with van der Waals surface area (Å²) in [5.74, 6) is -0.0497. The second-order valence-corrected chi connectivity index (χ2v) is 9.89. The topological polar surface area (TPSA) is 140 Å². The van der Waals surface area contributed by atoms with Crippen LogP contribution in [-0.2, 0) is 16.6 Å². The van der Waals surface area contributed by atoms with E-state index < -0.39 is 15.9 Å². The maximum atomic E-state index is 12.5. The fourth-order valence-electron chi connectivity index (χ4n) is 2.59. The van der Waals surface area contributed by atoms with Crippen LogP contribution in [0.25, 0.3) is 11.4 Å². The van der Waals surface area contributed by atoms with Crippen molar-refractivity contribution in [2.45, 2.75) is 17.8 Å². The Morgan fingerprint density at radius 1 is 1.16 bits per heavy atom. The molecule has 0 radical (unpaired) electrons. The third kappa shape index (κ3) is 5.16. The minimum Gasteiger partial charge on any atom is -0.338 e. The van der Waals surface area contributed by atoms with E-state index in [2.05, 4.69) is 30.4 Å². The molecule has 0 atom stereocenters. The Hall–Kier alpha value is -3.19. The van der Waals surface area contributed by atoms with Crippen molar-refractivity contribution < 1.29 is 17.7 Å². The predicted molar refractivity (Wildman–Crippen MR) is 118 cm³/mol. The summed E-state index contributed by atoms with van der Waals surface area (Å²) in [4.78, 5) is 16.5. The molecule has 2 heterocycles. The van der Waals surface area contributed by atoms with Crippen molar-refractivity contribution in [3.63, 3.8) is 0 Å². The van der Waals surface area contributed by atoms with Crippen LogP contribution in [0.2, 0.25) is 5.02 Å². The van der Waals surface area contributed by atoms with Crippen LogP contribution in [0, 0.1) is 6.92 Å². The Kier molecular flexibility index (Phi) is 6.28. The first-order valence-electron chi connectivity index (χ1n) is 9.10. The number of nitrogens with zero attached hydrogens (tertiary/aromatic N) is 4. The molecule has 0 unspecified atom stereocenters. The zero-order chi connectivity index (χ0) is 22.7. The van der Waals surface area contributed by atoms with Gasteiger partial charge < -0.3 is 4.52 Å². The van der Waals surface area contributed by atoms with Crippen LogP contribution in [0.4, 0.5) is 5.13 Å². The van der Waals surface area contributed by atoms with Crippen LogP contribution in [-0.4, -0.2) is 34.7 Å². The van der Waals surface area contributed by atoms with Crippen LogP contribution in [0.3, 0.4) is 0 Å². The Morgan fingerprint density at radius 3 is 2.69 bits per heavy atom. The van der Waals surface area contributed by atoms with Gasteiger partial charge in [-0.3, -0.25) is 10.1 Å². The smallest absolute Gasteiger partial charge is 0.270 e. The molecular weight excluding hydrogens is 476 g/mol. The van der Waals surface area contributed by atoms with Crippen molar-refractivity contribution >= 4 is 44.0 Å². The van der Waals surface area contributed by atoms with Crippen molar-refractivity contribution in [2.24, 2.45) is 0 Å². The molecule has 0 bridgehead atoms. The molecule has 164 valence electrons. The summed E-state index contributed by atoms with van der Waals surface area (Å²) in [6.45, 7) is 1.62. The molecule has 4 aromatic rings. The number of amides is 1. The molecular formula is C19H15ClN6O4S2. The maximum absolute atomic E-state index is 12.5. The molecule has 13 heteroatoms. The lowest BCUT2D eigenvalue weighted by molar-refractivity contribution is 0.102. The quantitative estimate of drug-likeness (QED) is 0.376. The standard InChI is InChI=1S/C19H15ClN6O4S2/c1-11-3-2-4-13(9-11)17(27)23-18-24-25-19(31-18)32(28,29)21-10-15-22-16(26-30-15)12-5-7-14(20)8-6-12/h2-9,21H,10H2,1H3,(H,23,24,27). The van der Waals surface area contributed by atoms with Gasteiger partial charge in [0.05, 0.1) is 6.54 Å². The SMILES string of the molecule is Cc1cccc(C(=O)Nc2nnc(S(=O)(=O)NCc3nc(-c4ccc(Cl)cc4)no3)s2)c1. The van der Waals surface area contributed by atoms with Gasteiger partial charge in [0.1, 0.15) is 0 Å². The number of hydrogen-bond donors (Lipinski definition) is 2. The number of nitrogens with one attached hydrogen (secondary N) is 2. The number of carbonyl (C=O) groups is 1. The number of aryl methyl sites for hydroxylation is 1. The summed E-state index contributed by atoms with van der Waals surface area (Å²) in [5, 5.41) is 14.4. The molecule has 10 nitrogen and oxygen atoms in total. The molecule has 32 heavy (non-hydrogen) atoms. The molecule has 0 spiro atoms. The molecule has 1 amide bonds. The van der Waals surface area contributed by atoms with E-state index in [0.29, 0.717) is 22.0 Å². The molecule has 2 N–H and O–H groups in total. The third-order valence-corrected chi connectivity index (χ3v) is 6.98. The van der Waals surface area contributed by atoms with Crippen LogP contribution >= 0.6 is 22.9 Å². The van der Waals surface area contributed by atoms with Gasteiger partial charge in [-0.05, 0) is 43.3 Å². The van der Waals surface area contributed by atoms with Crippen LogP contribution < -0.4 is 10.0 Å². The molecule has 4 rings (SSSR count). The number of aromatic nitrogens is 4. The number of halogens is 1. The molecule has 0 fully saturated rings. The second kappa shape index (κ2) is 9.12. The molecule has 2 aromatic carbocycles. The number of rotatable bonds is 7. The van der Waals surface area contributed by atoms with Crippen molar-refractivity contribution in [1.29, 1.82) is 0 Å². The number of anilines is 1. The van der Waals surface area contributed by atoms with E-state index in [1.165, 1.54) is 0 Å². The first-order chi connectivity index (χ1) is 15.3. The number of carbonyl (C=O) groups excluding carboxylic acids is 1. The first-order valence-corrected chi connectivity index (χ1v) is 11.8. The third-order valence-electron chi connectivity index (χ3n) is 4.12. The maximum Gasteiger partial charge on any atom is 0.270 e. The first kappa shape index (κ1) is 22.0. The van der Waals surface area contributed by atoms with Crippen LogP contribution in [0.5, 0.6) is 0 Å². The summed E-state index contributed by atoms with van der Waals surface area (Å²) in [5.41, 5.74) is 2.02. The number of hydrogen-bond acceptors (Lipinski definition) is 9. The van der Waals surface area contributed by atoms with Crippen molar-refractivity contribution in [1.82, 2.24) is 25.1 Å². The Bertz CT molecular complexity index is 1370. The van der Waals surface area contributed by atoms with Gasteiger partial charge >= 0.3 is 0 Å². The van der Waals surface area contributed by atoms with Crippen LogP contribution in [0.1, 0.15) is 21.8 Å². The summed E-state index contributed by atoms with van der Waals surface area (Å²) in [6.07, 6.45) is 0. The van der Waals surface area contributed by atoms with Crippen molar-refractivity contribution in [3.8, 4) is 11.4 Å². The van der Waals surface area contributed by atoms with Gasteiger partial charge in [0.15, 0.2) is 0 Å². The van der Waals surface area contributed by atoms with Crippen LogP contribution in [0.15, 0.2) is 57.4 Å². The van der Waals surface area contributed by atoms with Gasteiger partial charge in [-0.15, -0.1) is 10.2 Å². The normalized spacial score (nSPS) is 11.4. The minimum absolute atomic E-state index is 0.0553. The van der Waals surface area contributed by atoms with E-state index in [0.717, 1.165) is 16.9 Å². The summed E-state index contributed by atoms with van der Waals surface area (Å²) in [6, 6.07) is 13.8. The molecule has 0 aliphatic carbocycles. The number of sulfonamides is 1. The zero-order valence-electron chi connectivity index (χ0n) is 16.4. The molecule has 0 aliphatic rings. The fraction of sp³-hybridized carbons (Fsp3) is 0.105. The summed E-state index contributed by atoms with van der Waals surface area (Å²) < 4.78 is 32.1. The Morgan fingerprint density at radius 2 is 1.94 bits per heavy atom. The summed E-state index contributed by atoms with van der Waals surface area (Å²) >= 11 is 6.58. The van der Waals surface area contributed by atoms with Gasteiger partial charge in [0.25, 0.3) is 15.9 Å². The molecule has 0 saturated heterocycles. The van der Waals surface area contributed by atoms with E-state index in [-0.39, 0.29) is 21.9 Å². The molecule has 2 aromatic heterocycles. The monoisotopic (exact) mass is 490 g/mol.